The van der Waals surface area contributed by atoms with Crippen LogP contribution in [0.2, 0.25) is 0 Å². The topological polar surface area (TPSA) is 61.4 Å². The number of carbonyl (C=O) groups excluding carboxylic acids is 2. The molecule has 4 rings (SSSR count). The third kappa shape index (κ3) is 4.45. The van der Waals surface area contributed by atoms with Gasteiger partial charge in [0, 0.05) is 29.2 Å². The Kier molecular flexibility index (Phi) is 6.07. The summed E-state index contributed by atoms with van der Waals surface area (Å²) in [5.74, 6) is 0.388. The van der Waals surface area contributed by atoms with Gasteiger partial charge in [0.2, 0.25) is 0 Å². The highest BCUT2D eigenvalue weighted by Crippen LogP contribution is 2.30. The number of carbonyl (C=O) groups is 2. The molecular formula is C22H27N3O2S. The first-order valence-electron chi connectivity index (χ1n) is 10.2. The van der Waals surface area contributed by atoms with Gasteiger partial charge in [0.25, 0.3) is 11.8 Å². The predicted molar refractivity (Wildman–Crippen MR) is 113 cm³/mol. The monoisotopic (exact) mass is 397 g/mol. The summed E-state index contributed by atoms with van der Waals surface area (Å²) in [4.78, 5) is 27.3. The highest BCUT2D eigenvalue weighted by atomic mass is 32.1. The summed E-state index contributed by atoms with van der Waals surface area (Å²) in [6.45, 7) is 3.18. The smallest absolute Gasteiger partial charge is 0.256 e. The Hall–Kier alpha value is -2.18. The second-order valence-corrected chi connectivity index (χ2v) is 8.53. The van der Waals surface area contributed by atoms with Crippen LogP contribution in [0.5, 0.6) is 0 Å². The molecule has 1 aromatic heterocycles. The van der Waals surface area contributed by atoms with Gasteiger partial charge in [-0.15, -0.1) is 0 Å². The number of anilines is 1. The van der Waals surface area contributed by atoms with Crippen LogP contribution < -0.4 is 10.6 Å². The molecular weight excluding hydrogens is 370 g/mol. The Balaban J connectivity index is 1.30. The number of nitrogens with one attached hydrogen (secondary N) is 2. The van der Waals surface area contributed by atoms with Gasteiger partial charge in [0.05, 0.1) is 5.56 Å². The summed E-state index contributed by atoms with van der Waals surface area (Å²) >= 11 is 1.49. The Labute approximate surface area is 170 Å². The van der Waals surface area contributed by atoms with Crippen molar-refractivity contribution in [1.82, 2.24) is 10.2 Å². The molecule has 2 atom stereocenters. The fraction of sp³-hybridized carbons (Fsp3) is 0.455. The molecule has 28 heavy (non-hydrogen) atoms. The number of amides is 2. The molecule has 148 valence electrons. The molecule has 5 nitrogen and oxygen atoms in total. The lowest BCUT2D eigenvalue weighted by Crippen LogP contribution is -2.51. The van der Waals surface area contributed by atoms with Gasteiger partial charge in [-0.1, -0.05) is 6.42 Å². The highest BCUT2D eigenvalue weighted by Gasteiger charge is 2.32. The largest absolute Gasteiger partial charge is 0.352 e. The van der Waals surface area contributed by atoms with Crippen molar-refractivity contribution in [2.75, 3.05) is 25.0 Å². The van der Waals surface area contributed by atoms with Crippen LogP contribution in [0, 0.1) is 5.92 Å². The number of nitrogens with zero attached hydrogens (tertiary/aromatic N) is 1. The van der Waals surface area contributed by atoms with Crippen molar-refractivity contribution < 1.29 is 9.59 Å². The second kappa shape index (κ2) is 8.88. The normalized spacial score (nSPS) is 22.3. The third-order valence-corrected chi connectivity index (χ3v) is 6.62. The van der Waals surface area contributed by atoms with E-state index in [1.54, 1.807) is 30.3 Å². The van der Waals surface area contributed by atoms with Crippen molar-refractivity contribution in [3.63, 3.8) is 0 Å². The maximum atomic E-state index is 12.6. The van der Waals surface area contributed by atoms with E-state index in [0.29, 0.717) is 28.8 Å². The number of hydrogen-bond acceptors (Lipinski definition) is 4. The summed E-state index contributed by atoms with van der Waals surface area (Å²) in [5, 5.41) is 9.68. The average Bonchev–Trinajstić information content (AvgIpc) is 3.27. The number of fused-ring (bicyclic) bond motifs is 1. The van der Waals surface area contributed by atoms with E-state index < -0.39 is 0 Å². The van der Waals surface area contributed by atoms with Crippen molar-refractivity contribution >= 4 is 28.8 Å². The molecule has 0 bridgehead atoms. The summed E-state index contributed by atoms with van der Waals surface area (Å²) < 4.78 is 0. The zero-order valence-corrected chi connectivity index (χ0v) is 16.8. The molecule has 1 aromatic carbocycles. The lowest BCUT2D eigenvalue weighted by atomic mass is 9.83. The fourth-order valence-corrected chi connectivity index (χ4v) is 5.08. The minimum absolute atomic E-state index is 0.0383. The van der Waals surface area contributed by atoms with Gasteiger partial charge < -0.3 is 15.5 Å². The maximum Gasteiger partial charge on any atom is 0.256 e. The van der Waals surface area contributed by atoms with E-state index in [2.05, 4.69) is 15.5 Å². The standard InChI is InChI=1S/C22H27N3O2S/c26-21(23-14-17-4-3-12-25-11-2-1-5-20(17)25)16-6-8-19(9-7-16)24-22(27)18-10-13-28-15-18/h6-10,13,15,17,20H,1-5,11-12,14H2,(H,23,26)(H,24,27)/t17-,20+/m0/s1. The molecule has 0 unspecified atom stereocenters. The van der Waals surface area contributed by atoms with E-state index in [1.165, 1.54) is 56.5 Å². The van der Waals surface area contributed by atoms with Gasteiger partial charge in [0.15, 0.2) is 0 Å². The Morgan fingerprint density at radius 2 is 1.79 bits per heavy atom. The Bertz CT molecular complexity index is 802. The average molecular weight is 398 g/mol. The van der Waals surface area contributed by atoms with Crippen LogP contribution in [0.1, 0.15) is 52.8 Å². The molecule has 2 aliphatic rings. The van der Waals surface area contributed by atoms with Gasteiger partial charge in [-0.25, -0.2) is 0 Å². The quantitative estimate of drug-likeness (QED) is 0.802. The second-order valence-electron chi connectivity index (χ2n) is 7.75. The first-order valence-corrected chi connectivity index (χ1v) is 11.1. The van der Waals surface area contributed by atoms with E-state index in [-0.39, 0.29) is 11.8 Å². The lowest BCUT2D eigenvalue weighted by Gasteiger charge is -2.44. The first-order chi connectivity index (χ1) is 13.7. The van der Waals surface area contributed by atoms with Crippen LogP contribution in [-0.4, -0.2) is 42.4 Å². The molecule has 0 spiro atoms. The Morgan fingerprint density at radius 1 is 0.964 bits per heavy atom. The molecule has 6 heteroatoms. The van der Waals surface area contributed by atoms with E-state index in [9.17, 15) is 9.59 Å². The minimum Gasteiger partial charge on any atom is -0.352 e. The molecule has 2 amide bonds. The van der Waals surface area contributed by atoms with E-state index in [0.717, 1.165) is 6.54 Å². The van der Waals surface area contributed by atoms with E-state index in [1.807, 2.05) is 10.8 Å². The molecule has 2 fully saturated rings. The van der Waals surface area contributed by atoms with Crippen LogP contribution >= 0.6 is 11.3 Å². The lowest BCUT2D eigenvalue weighted by molar-refractivity contribution is 0.0575. The molecule has 0 radical (unpaired) electrons. The zero-order valence-electron chi connectivity index (χ0n) is 16.0. The molecule has 2 N–H and O–H groups in total. The summed E-state index contributed by atoms with van der Waals surface area (Å²) in [5.41, 5.74) is 1.97. The van der Waals surface area contributed by atoms with Crippen molar-refractivity contribution in [2.45, 2.75) is 38.1 Å². The molecule has 3 heterocycles. The van der Waals surface area contributed by atoms with Crippen LogP contribution in [0.15, 0.2) is 41.1 Å². The van der Waals surface area contributed by atoms with Crippen LogP contribution in [0.4, 0.5) is 5.69 Å². The number of thiophene rings is 1. The van der Waals surface area contributed by atoms with Crippen LogP contribution in [0.25, 0.3) is 0 Å². The van der Waals surface area contributed by atoms with E-state index >= 15 is 0 Å². The molecule has 2 aliphatic heterocycles. The van der Waals surface area contributed by atoms with Gasteiger partial charge in [0.1, 0.15) is 0 Å². The minimum atomic E-state index is -0.132. The third-order valence-electron chi connectivity index (χ3n) is 5.94. The van der Waals surface area contributed by atoms with Gasteiger partial charge >= 0.3 is 0 Å². The molecule has 2 aromatic rings. The summed E-state index contributed by atoms with van der Waals surface area (Å²) in [6.07, 6.45) is 6.32. The zero-order chi connectivity index (χ0) is 19.3. The predicted octanol–water partition coefficient (Wildman–Crippen LogP) is 3.99. The van der Waals surface area contributed by atoms with Gasteiger partial charge in [-0.05, 0) is 80.4 Å². The molecule has 0 aliphatic carbocycles. The Morgan fingerprint density at radius 3 is 2.57 bits per heavy atom. The number of hydrogen-bond donors (Lipinski definition) is 2. The van der Waals surface area contributed by atoms with Gasteiger partial charge in [-0.2, -0.15) is 11.3 Å². The summed E-state index contributed by atoms with van der Waals surface area (Å²) in [7, 11) is 0. The maximum absolute atomic E-state index is 12.6. The van der Waals surface area contributed by atoms with Crippen molar-refractivity contribution in [1.29, 1.82) is 0 Å². The molecule has 2 saturated heterocycles. The molecule has 0 saturated carbocycles. The van der Waals surface area contributed by atoms with Crippen molar-refractivity contribution in [3.8, 4) is 0 Å². The van der Waals surface area contributed by atoms with Crippen molar-refractivity contribution in [3.05, 3.63) is 52.2 Å². The number of rotatable bonds is 5. The fourth-order valence-electron chi connectivity index (χ4n) is 4.44. The van der Waals surface area contributed by atoms with E-state index in [4.69, 9.17) is 0 Å². The van der Waals surface area contributed by atoms with Crippen LogP contribution in [-0.2, 0) is 0 Å². The van der Waals surface area contributed by atoms with Crippen LogP contribution in [0.3, 0.4) is 0 Å². The summed E-state index contributed by atoms with van der Waals surface area (Å²) in [6, 6.07) is 9.53. The SMILES string of the molecule is O=C(NC[C@@H]1CCCN2CCCC[C@H]12)c1ccc(NC(=O)c2ccsc2)cc1. The number of piperidine rings is 2. The number of benzene rings is 1. The van der Waals surface area contributed by atoms with Crippen molar-refractivity contribution in [2.24, 2.45) is 5.92 Å². The van der Waals surface area contributed by atoms with Gasteiger partial charge in [-0.3, -0.25) is 9.59 Å². The highest BCUT2D eigenvalue weighted by molar-refractivity contribution is 7.08. The first kappa shape index (κ1) is 19.2.